The van der Waals surface area contributed by atoms with Gasteiger partial charge in [0.05, 0.1) is 25.1 Å². The Balaban J connectivity index is 2.28. The first-order chi connectivity index (χ1) is 4.86. The number of hydrogen-bond donors (Lipinski definition) is 2. The lowest BCUT2D eigenvalue weighted by atomic mass is 10.2. The molecular formula is C7H12O3. The van der Waals surface area contributed by atoms with Crippen molar-refractivity contribution in [3.8, 4) is 0 Å². The van der Waals surface area contributed by atoms with Crippen molar-refractivity contribution in [1.82, 2.24) is 0 Å². The van der Waals surface area contributed by atoms with Crippen molar-refractivity contribution in [2.45, 2.75) is 25.0 Å². The summed E-state index contributed by atoms with van der Waals surface area (Å²) in [6.45, 7) is 0.0791. The monoisotopic (exact) mass is 144 g/mol. The van der Waals surface area contributed by atoms with Crippen LogP contribution in [0.15, 0.2) is 12.3 Å². The lowest BCUT2D eigenvalue weighted by Gasteiger charge is -2.06. The van der Waals surface area contributed by atoms with Crippen molar-refractivity contribution in [1.29, 1.82) is 0 Å². The SMILES string of the molecule is O/C=C/[C@@H]1CC[C@@H](CO)O1. The fraction of sp³-hybridized carbons (Fsp3) is 0.714. The van der Waals surface area contributed by atoms with Gasteiger partial charge in [0.15, 0.2) is 0 Å². The van der Waals surface area contributed by atoms with Gasteiger partial charge >= 0.3 is 0 Å². The third-order valence-electron chi connectivity index (χ3n) is 1.64. The van der Waals surface area contributed by atoms with Crippen molar-refractivity contribution in [2.24, 2.45) is 0 Å². The van der Waals surface area contributed by atoms with Crippen LogP contribution in [0.1, 0.15) is 12.8 Å². The lowest BCUT2D eigenvalue weighted by molar-refractivity contribution is 0.0304. The van der Waals surface area contributed by atoms with E-state index in [1.807, 2.05) is 0 Å². The van der Waals surface area contributed by atoms with E-state index in [4.69, 9.17) is 14.9 Å². The molecule has 1 aliphatic heterocycles. The maximum atomic E-state index is 8.64. The first kappa shape index (κ1) is 7.57. The van der Waals surface area contributed by atoms with Crippen molar-refractivity contribution in [3.63, 3.8) is 0 Å². The minimum Gasteiger partial charge on any atom is -0.516 e. The van der Waals surface area contributed by atoms with E-state index in [-0.39, 0.29) is 18.8 Å². The molecule has 0 aromatic rings. The summed E-state index contributed by atoms with van der Waals surface area (Å²) < 4.78 is 5.25. The average molecular weight is 144 g/mol. The Morgan fingerprint density at radius 1 is 1.50 bits per heavy atom. The molecule has 0 bridgehead atoms. The van der Waals surface area contributed by atoms with Gasteiger partial charge in [-0.1, -0.05) is 0 Å². The quantitative estimate of drug-likeness (QED) is 0.558. The molecular weight excluding hydrogens is 132 g/mol. The van der Waals surface area contributed by atoms with Gasteiger partial charge in [0, 0.05) is 0 Å². The Bertz CT molecular complexity index is 122. The van der Waals surface area contributed by atoms with Crippen LogP contribution >= 0.6 is 0 Å². The fourth-order valence-electron chi connectivity index (χ4n) is 1.11. The lowest BCUT2D eigenvalue weighted by Crippen LogP contribution is -2.12. The summed E-state index contributed by atoms with van der Waals surface area (Å²) in [6.07, 6.45) is 4.33. The van der Waals surface area contributed by atoms with Crippen LogP contribution in [0.4, 0.5) is 0 Å². The third-order valence-corrected chi connectivity index (χ3v) is 1.64. The van der Waals surface area contributed by atoms with E-state index in [2.05, 4.69) is 0 Å². The molecule has 3 nitrogen and oxygen atoms in total. The van der Waals surface area contributed by atoms with E-state index in [1.165, 1.54) is 0 Å². The molecule has 3 heteroatoms. The largest absolute Gasteiger partial charge is 0.516 e. The summed E-state index contributed by atoms with van der Waals surface area (Å²) in [7, 11) is 0. The molecule has 0 aromatic heterocycles. The molecule has 0 unspecified atom stereocenters. The second-order valence-corrected chi connectivity index (χ2v) is 2.40. The van der Waals surface area contributed by atoms with Gasteiger partial charge in [0.2, 0.25) is 0 Å². The van der Waals surface area contributed by atoms with Gasteiger partial charge in [-0.15, -0.1) is 0 Å². The molecule has 0 aromatic carbocycles. The zero-order valence-electron chi connectivity index (χ0n) is 5.73. The molecule has 0 saturated carbocycles. The predicted molar refractivity (Wildman–Crippen MR) is 36.7 cm³/mol. The molecule has 10 heavy (non-hydrogen) atoms. The molecule has 0 spiro atoms. The minimum absolute atomic E-state index is 0.00199. The van der Waals surface area contributed by atoms with E-state index in [0.717, 1.165) is 19.1 Å². The summed E-state index contributed by atoms with van der Waals surface area (Å²) in [4.78, 5) is 0. The number of aliphatic hydroxyl groups is 2. The normalized spacial score (nSPS) is 33.7. The highest BCUT2D eigenvalue weighted by atomic mass is 16.5. The summed E-state index contributed by atoms with van der Waals surface area (Å²) >= 11 is 0. The molecule has 2 atom stereocenters. The first-order valence-electron chi connectivity index (χ1n) is 3.44. The standard InChI is InChI=1S/C7H12O3/c8-4-3-6-1-2-7(5-9)10-6/h3-4,6-9H,1-2,5H2/b4-3+/t6-,7-/m0/s1. The Labute approximate surface area is 59.9 Å². The Morgan fingerprint density at radius 3 is 2.80 bits per heavy atom. The fourth-order valence-corrected chi connectivity index (χ4v) is 1.11. The Kier molecular flexibility index (Phi) is 2.71. The molecule has 58 valence electrons. The Morgan fingerprint density at radius 2 is 2.30 bits per heavy atom. The zero-order chi connectivity index (χ0) is 7.40. The van der Waals surface area contributed by atoms with Gasteiger partial charge in [0.1, 0.15) is 0 Å². The maximum absolute atomic E-state index is 8.64. The van der Waals surface area contributed by atoms with Crippen molar-refractivity contribution in [3.05, 3.63) is 12.3 Å². The van der Waals surface area contributed by atoms with Gasteiger partial charge in [0.25, 0.3) is 0 Å². The first-order valence-corrected chi connectivity index (χ1v) is 3.44. The Hall–Kier alpha value is -0.540. The van der Waals surface area contributed by atoms with Crippen LogP contribution < -0.4 is 0 Å². The number of rotatable bonds is 2. The smallest absolute Gasteiger partial charge is 0.0814 e. The average Bonchev–Trinajstić information content (AvgIpc) is 2.37. The summed E-state index contributed by atoms with van der Waals surface area (Å²) in [5.74, 6) is 0. The van der Waals surface area contributed by atoms with E-state index < -0.39 is 0 Å². The molecule has 1 aliphatic rings. The minimum atomic E-state index is -0.0267. The van der Waals surface area contributed by atoms with E-state index in [1.54, 1.807) is 6.08 Å². The van der Waals surface area contributed by atoms with Gasteiger partial charge in [-0.05, 0) is 18.9 Å². The van der Waals surface area contributed by atoms with E-state index >= 15 is 0 Å². The summed E-state index contributed by atoms with van der Waals surface area (Å²) in [5, 5.41) is 17.0. The number of hydrogen-bond acceptors (Lipinski definition) is 3. The topological polar surface area (TPSA) is 49.7 Å². The molecule has 1 heterocycles. The molecule has 0 radical (unpaired) electrons. The summed E-state index contributed by atoms with van der Waals surface area (Å²) in [6, 6.07) is 0. The van der Waals surface area contributed by atoms with Gasteiger partial charge in [-0.3, -0.25) is 0 Å². The highest BCUT2D eigenvalue weighted by Crippen LogP contribution is 2.19. The van der Waals surface area contributed by atoms with Crippen LogP contribution in [0, 0.1) is 0 Å². The highest BCUT2D eigenvalue weighted by molar-refractivity contribution is 4.88. The van der Waals surface area contributed by atoms with E-state index in [0.29, 0.717) is 0 Å². The van der Waals surface area contributed by atoms with Crippen LogP contribution in [-0.4, -0.2) is 29.0 Å². The van der Waals surface area contributed by atoms with Crippen LogP contribution in [0.3, 0.4) is 0 Å². The highest BCUT2D eigenvalue weighted by Gasteiger charge is 2.21. The second kappa shape index (κ2) is 3.58. The predicted octanol–water partition coefficient (Wildman–Crippen LogP) is 0.598. The molecule has 1 fully saturated rings. The number of aliphatic hydroxyl groups excluding tert-OH is 2. The maximum Gasteiger partial charge on any atom is 0.0814 e. The van der Waals surface area contributed by atoms with Crippen molar-refractivity contribution in [2.75, 3.05) is 6.61 Å². The molecule has 0 aliphatic carbocycles. The molecule has 1 rings (SSSR count). The zero-order valence-corrected chi connectivity index (χ0v) is 5.73. The van der Waals surface area contributed by atoms with Crippen LogP contribution in [0.25, 0.3) is 0 Å². The second-order valence-electron chi connectivity index (χ2n) is 2.40. The number of ether oxygens (including phenoxy) is 1. The van der Waals surface area contributed by atoms with Gasteiger partial charge < -0.3 is 14.9 Å². The summed E-state index contributed by atoms with van der Waals surface area (Å²) in [5.41, 5.74) is 0. The van der Waals surface area contributed by atoms with Crippen molar-refractivity contribution >= 4 is 0 Å². The molecule has 0 amide bonds. The van der Waals surface area contributed by atoms with Crippen LogP contribution in [0.5, 0.6) is 0 Å². The third kappa shape index (κ3) is 1.72. The van der Waals surface area contributed by atoms with Gasteiger partial charge in [-0.25, -0.2) is 0 Å². The van der Waals surface area contributed by atoms with Crippen molar-refractivity contribution < 1.29 is 14.9 Å². The molecule has 2 N–H and O–H groups in total. The van der Waals surface area contributed by atoms with E-state index in [9.17, 15) is 0 Å². The van der Waals surface area contributed by atoms with Gasteiger partial charge in [-0.2, -0.15) is 0 Å². The molecule has 1 saturated heterocycles. The van der Waals surface area contributed by atoms with Crippen LogP contribution in [0.2, 0.25) is 0 Å². The van der Waals surface area contributed by atoms with Crippen LogP contribution in [-0.2, 0) is 4.74 Å².